The van der Waals surface area contributed by atoms with E-state index in [-0.39, 0.29) is 17.3 Å². The molecule has 1 aliphatic rings. The quantitative estimate of drug-likeness (QED) is 0.809. The number of amides is 1. The second-order valence-electron chi connectivity index (χ2n) is 4.49. The molecule has 92 valence electrons. The molecule has 17 heavy (non-hydrogen) atoms. The molecular formula is C13H15ClFNO. The van der Waals surface area contributed by atoms with Crippen LogP contribution in [0.4, 0.5) is 4.39 Å². The first-order valence-corrected chi connectivity index (χ1v) is 6.22. The monoisotopic (exact) mass is 255 g/mol. The molecular weight excluding hydrogens is 241 g/mol. The number of halogens is 2. The molecule has 1 aromatic carbocycles. The lowest BCUT2D eigenvalue weighted by Crippen LogP contribution is -2.38. The van der Waals surface area contributed by atoms with Gasteiger partial charge >= 0.3 is 0 Å². The summed E-state index contributed by atoms with van der Waals surface area (Å²) in [5.74, 6) is -0.630. The van der Waals surface area contributed by atoms with Crippen molar-refractivity contribution in [2.45, 2.75) is 37.6 Å². The fourth-order valence-electron chi connectivity index (χ4n) is 2.16. The van der Waals surface area contributed by atoms with Gasteiger partial charge in [0.25, 0.3) is 5.91 Å². The number of hydrogen-bond donors (Lipinski definition) is 1. The van der Waals surface area contributed by atoms with Gasteiger partial charge in [-0.05, 0) is 43.9 Å². The average Bonchev–Trinajstić information content (AvgIpc) is 2.68. The summed E-state index contributed by atoms with van der Waals surface area (Å²) in [7, 11) is 0. The topological polar surface area (TPSA) is 29.1 Å². The van der Waals surface area contributed by atoms with E-state index in [0.717, 1.165) is 24.8 Å². The molecule has 0 bridgehead atoms. The van der Waals surface area contributed by atoms with Crippen LogP contribution in [0, 0.1) is 12.7 Å². The molecule has 1 N–H and O–H groups in total. The highest BCUT2D eigenvalue weighted by atomic mass is 35.5. The summed E-state index contributed by atoms with van der Waals surface area (Å²) in [6.07, 6.45) is 2.85. The number of alkyl halides is 1. The number of hydrogen-bond acceptors (Lipinski definition) is 1. The molecule has 2 unspecified atom stereocenters. The summed E-state index contributed by atoms with van der Waals surface area (Å²) < 4.78 is 13.1. The first kappa shape index (κ1) is 12.4. The van der Waals surface area contributed by atoms with Gasteiger partial charge in [0.05, 0.1) is 5.38 Å². The van der Waals surface area contributed by atoms with Crippen molar-refractivity contribution in [3.63, 3.8) is 0 Å². The van der Waals surface area contributed by atoms with E-state index in [4.69, 9.17) is 11.6 Å². The van der Waals surface area contributed by atoms with Crippen LogP contribution in [0.1, 0.15) is 35.2 Å². The summed E-state index contributed by atoms with van der Waals surface area (Å²) in [6, 6.07) is 4.23. The van der Waals surface area contributed by atoms with Gasteiger partial charge in [0.2, 0.25) is 0 Å². The number of carbonyl (C=O) groups excluding carboxylic acids is 1. The predicted molar refractivity (Wildman–Crippen MR) is 65.9 cm³/mol. The summed E-state index contributed by atoms with van der Waals surface area (Å²) in [5, 5.41) is 2.87. The molecule has 0 heterocycles. The van der Waals surface area contributed by atoms with Crippen LogP contribution in [0.15, 0.2) is 18.2 Å². The molecule has 1 saturated carbocycles. The SMILES string of the molecule is Cc1ccc(F)cc1C(=O)NC1CCCC1Cl. The first-order valence-electron chi connectivity index (χ1n) is 5.79. The van der Waals surface area contributed by atoms with Crippen LogP contribution in [0.2, 0.25) is 0 Å². The highest BCUT2D eigenvalue weighted by Gasteiger charge is 2.27. The normalized spacial score (nSPS) is 23.7. The Kier molecular flexibility index (Phi) is 3.67. The number of nitrogens with one attached hydrogen (secondary N) is 1. The van der Waals surface area contributed by atoms with E-state index in [9.17, 15) is 9.18 Å². The van der Waals surface area contributed by atoms with Crippen molar-refractivity contribution >= 4 is 17.5 Å². The molecule has 0 aliphatic heterocycles. The Morgan fingerprint density at radius 1 is 1.47 bits per heavy atom. The van der Waals surface area contributed by atoms with Crippen LogP contribution in [-0.2, 0) is 0 Å². The zero-order valence-corrected chi connectivity index (χ0v) is 10.4. The van der Waals surface area contributed by atoms with Gasteiger partial charge in [0.1, 0.15) is 5.82 Å². The molecule has 0 radical (unpaired) electrons. The van der Waals surface area contributed by atoms with E-state index < -0.39 is 5.82 Å². The summed E-state index contributed by atoms with van der Waals surface area (Å²) in [5.41, 5.74) is 1.16. The van der Waals surface area contributed by atoms with Crippen molar-refractivity contribution in [2.24, 2.45) is 0 Å². The van der Waals surface area contributed by atoms with Crippen molar-refractivity contribution < 1.29 is 9.18 Å². The van der Waals surface area contributed by atoms with Crippen molar-refractivity contribution in [2.75, 3.05) is 0 Å². The van der Waals surface area contributed by atoms with E-state index in [2.05, 4.69) is 5.32 Å². The van der Waals surface area contributed by atoms with E-state index in [1.54, 1.807) is 13.0 Å². The van der Waals surface area contributed by atoms with Crippen molar-refractivity contribution in [3.8, 4) is 0 Å². The predicted octanol–water partition coefficient (Wildman–Crippen LogP) is 3.02. The van der Waals surface area contributed by atoms with Crippen molar-refractivity contribution in [1.29, 1.82) is 0 Å². The Balaban J connectivity index is 2.11. The molecule has 2 atom stereocenters. The van der Waals surface area contributed by atoms with Crippen LogP contribution in [0.25, 0.3) is 0 Å². The second-order valence-corrected chi connectivity index (χ2v) is 5.05. The molecule has 1 aromatic rings. The minimum absolute atomic E-state index is 0.00633. The minimum atomic E-state index is -0.394. The molecule has 2 nitrogen and oxygen atoms in total. The van der Waals surface area contributed by atoms with Gasteiger partial charge in [-0.3, -0.25) is 4.79 Å². The largest absolute Gasteiger partial charge is 0.348 e. The highest BCUT2D eigenvalue weighted by Crippen LogP contribution is 2.24. The maximum absolute atomic E-state index is 13.1. The van der Waals surface area contributed by atoms with Crippen molar-refractivity contribution in [3.05, 3.63) is 35.1 Å². The molecule has 1 aliphatic carbocycles. The van der Waals surface area contributed by atoms with E-state index in [0.29, 0.717) is 5.56 Å². The van der Waals surface area contributed by atoms with Gasteiger partial charge in [-0.1, -0.05) is 6.07 Å². The molecule has 2 rings (SSSR count). The maximum Gasteiger partial charge on any atom is 0.251 e. The van der Waals surface area contributed by atoms with Gasteiger partial charge < -0.3 is 5.32 Å². The first-order chi connectivity index (χ1) is 8.08. The minimum Gasteiger partial charge on any atom is -0.348 e. The van der Waals surface area contributed by atoms with Gasteiger partial charge in [-0.2, -0.15) is 0 Å². The Labute approximate surface area is 105 Å². The number of rotatable bonds is 2. The fourth-order valence-corrected chi connectivity index (χ4v) is 2.51. The standard InChI is InChI=1S/C13H15ClFNO/c1-8-5-6-9(15)7-10(8)13(17)16-12-4-2-3-11(12)14/h5-7,11-12H,2-4H2,1H3,(H,16,17). The van der Waals surface area contributed by atoms with Crippen LogP contribution in [0.5, 0.6) is 0 Å². The summed E-state index contributed by atoms with van der Waals surface area (Å²) in [6.45, 7) is 1.79. The Morgan fingerprint density at radius 3 is 2.88 bits per heavy atom. The number of aryl methyl sites for hydroxylation is 1. The molecule has 1 amide bonds. The Morgan fingerprint density at radius 2 is 2.24 bits per heavy atom. The maximum atomic E-state index is 13.1. The van der Waals surface area contributed by atoms with Crippen LogP contribution in [-0.4, -0.2) is 17.3 Å². The van der Waals surface area contributed by atoms with Crippen LogP contribution >= 0.6 is 11.6 Å². The third-order valence-electron chi connectivity index (χ3n) is 3.19. The lowest BCUT2D eigenvalue weighted by molar-refractivity contribution is 0.0937. The zero-order valence-electron chi connectivity index (χ0n) is 9.67. The molecule has 0 spiro atoms. The zero-order chi connectivity index (χ0) is 12.4. The van der Waals surface area contributed by atoms with E-state index in [1.165, 1.54) is 12.1 Å². The molecule has 0 saturated heterocycles. The lowest BCUT2D eigenvalue weighted by atomic mass is 10.1. The third-order valence-corrected chi connectivity index (χ3v) is 3.71. The summed E-state index contributed by atoms with van der Waals surface area (Å²) in [4.78, 5) is 12.0. The fraction of sp³-hybridized carbons (Fsp3) is 0.462. The van der Waals surface area contributed by atoms with E-state index in [1.807, 2.05) is 0 Å². The number of benzene rings is 1. The molecule has 1 fully saturated rings. The van der Waals surface area contributed by atoms with Crippen LogP contribution in [0.3, 0.4) is 0 Å². The Bertz CT molecular complexity index is 435. The van der Waals surface area contributed by atoms with Crippen molar-refractivity contribution in [1.82, 2.24) is 5.32 Å². The number of carbonyl (C=O) groups is 1. The lowest BCUT2D eigenvalue weighted by Gasteiger charge is -2.16. The van der Waals surface area contributed by atoms with Gasteiger partial charge in [0, 0.05) is 11.6 Å². The van der Waals surface area contributed by atoms with Crippen LogP contribution < -0.4 is 5.32 Å². The third kappa shape index (κ3) is 2.78. The van der Waals surface area contributed by atoms with E-state index >= 15 is 0 Å². The van der Waals surface area contributed by atoms with Gasteiger partial charge in [-0.15, -0.1) is 11.6 Å². The van der Waals surface area contributed by atoms with Gasteiger partial charge in [0.15, 0.2) is 0 Å². The molecule has 4 heteroatoms. The summed E-state index contributed by atoms with van der Waals surface area (Å²) >= 11 is 6.09. The Hall–Kier alpha value is -1.09. The highest BCUT2D eigenvalue weighted by molar-refractivity contribution is 6.21. The average molecular weight is 256 g/mol. The molecule has 0 aromatic heterocycles. The van der Waals surface area contributed by atoms with Gasteiger partial charge in [-0.25, -0.2) is 4.39 Å². The second kappa shape index (κ2) is 5.05. The smallest absolute Gasteiger partial charge is 0.251 e.